The number of carbonyl (C=O) groups excluding carboxylic acids is 2. The molecule has 0 radical (unpaired) electrons. The van der Waals surface area contributed by atoms with Gasteiger partial charge in [0, 0.05) is 12.1 Å². The molecule has 0 spiro atoms. The summed E-state index contributed by atoms with van der Waals surface area (Å²) in [6.07, 6.45) is -3.91. The van der Waals surface area contributed by atoms with Crippen LogP contribution in [0.1, 0.15) is 38.8 Å². The van der Waals surface area contributed by atoms with Crippen molar-refractivity contribution in [3.8, 4) is 5.75 Å². The highest BCUT2D eigenvalue weighted by Gasteiger charge is 2.34. The van der Waals surface area contributed by atoms with Crippen LogP contribution in [0.25, 0.3) is 0 Å². The van der Waals surface area contributed by atoms with Gasteiger partial charge in [0.25, 0.3) is 0 Å². The van der Waals surface area contributed by atoms with Gasteiger partial charge in [-0.15, -0.1) is 0 Å². The Bertz CT molecular complexity index is 1230. The summed E-state index contributed by atoms with van der Waals surface area (Å²) in [4.78, 5) is 27.6. The minimum atomic E-state index is -4.71. The number of hydrogen-bond acceptors (Lipinski definition) is 5. The van der Waals surface area contributed by atoms with E-state index >= 15 is 0 Å². The fourth-order valence-electron chi connectivity index (χ4n) is 3.48. The number of rotatable bonds is 9. The molecule has 0 aliphatic carbocycles. The third kappa shape index (κ3) is 8.66. The van der Waals surface area contributed by atoms with Crippen molar-refractivity contribution in [1.29, 1.82) is 0 Å². The quantitative estimate of drug-likeness (QED) is 0.519. The first kappa shape index (κ1) is 29.9. The van der Waals surface area contributed by atoms with E-state index < -0.39 is 51.7 Å². The van der Waals surface area contributed by atoms with Crippen molar-refractivity contribution in [2.45, 2.75) is 52.0 Å². The van der Waals surface area contributed by atoms with Gasteiger partial charge in [-0.3, -0.25) is 13.9 Å². The number of ether oxygens (including phenoxy) is 1. The zero-order valence-corrected chi connectivity index (χ0v) is 22.4. The number of hydrogen-bond donors (Lipinski definition) is 1. The van der Waals surface area contributed by atoms with Gasteiger partial charge in [0.15, 0.2) is 0 Å². The zero-order valence-electron chi connectivity index (χ0n) is 21.6. The van der Waals surface area contributed by atoms with E-state index in [2.05, 4.69) is 5.32 Å². The third-order valence-corrected chi connectivity index (χ3v) is 6.43. The number of carbonyl (C=O) groups is 2. The van der Waals surface area contributed by atoms with Crippen molar-refractivity contribution in [1.82, 2.24) is 10.2 Å². The van der Waals surface area contributed by atoms with Gasteiger partial charge in [-0.2, -0.15) is 13.2 Å². The molecule has 2 amide bonds. The Morgan fingerprint density at radius 1 is 1.05 bits per heavy atom. The van der Waals surface area contributed by atoms with E-state index in [1.807, 2.05) is 0 Å². The molecule has 0 fully saturated rings. The van der Waals surface area contributed by atoms with Crippen molar-refractivity contribution in [3.63, 3.8) is 0 Å². The summed E-state index contributed by atoms with van der Waals surface area (Å²) in [5.74, 6) is -0.741. The largest absolute Gasteiger partial charge is 0.497 e. The molecule has 0 saturated carbocycles. The summed E-state index contributed by atoms with van der Waals surface area (Å²) in [5, 5.41) is 2.79. The predicted octanol–water partition coefficient (Wildman–Crippen LogP) is 3.81. The van der Waals surface area contributed by atoms with Crippen LogP contribution in [-0.4, -0.2) is 56.6 Å². The minimum Gasteiger partial charge on any atom is -0.497 e. The number of sulfonamides is 1. The van der Waals surface area contributed by atoms with E-state index in [-0.39, 0.29) is 12.2 Å². The maximum atomic E-state index is 13.5. The fourth-order valence-corrected chi connectivity index (χ4v) is 4.32. The molecule has 37 heavy (non-hydrogen) atoms. The van der Waals surface area contributed by atoms with Gasteiger partial charge in [-0.25, -0.2) is 8.42 Å². The van der Waals surface area contributed by atoms with Gasteiger partial charge in [0.1, 0.15) is 18.3 Å². The Kier molecular flexibility index (Phi) is 9.23. The molecule has 0 aliphatic heterocycles. The van der Waals surface area contributed by atoms with Crippen LogP contribution in [0, 0.1) is 0 Å². The number of amides is 2. The summed E-state index contributed by atoms with van der Waals surface area (Å²) in [5.41, 5.74) is -1.38. The highest BCUT2D eigenvalue weighted by atomic mass is 32.2. The number of alkyl halides is 3. The third-order valence-electron chi connectivity index (χ3n) is 5.29. The van der Waals surface area contributed by atoms with Crippen LogP contribution in [-0.2, 0) is 32.3 Å². The van der Waals surface area contributed by atoms with E-state index in [9.17, 15) is 31.2 Å². The Morgan fingerprint density at radius 2 is 1.68 bits per heavy atom. The Morgan fingerprint density at radius 3 is 2.22 bits per heavy atom. The second kappa shape index (κ2) is 11.4. The second-order valence-corrected chi connectivity index (χ2v) is 11.5. The lowest BCUT2D eigenvalue weighted by Gasteiger charge is -2.33. The molecule has 0 bridgehead atoms. The van der Waals surface area contributed by atoms with Crippen LogP contribution in [0.2, 0.25) is 0 Å². The van der Waals surface area contributed by atoms with Crippen LogP contribution in [0.3, 0.4) is 0 Å². The monoisotopic (exact) mass is 543 g/mol. The molecule has 8 nitrogen and oxygen atoms in total. The molecular formula is C25H32F3N3O5S. The maximum absolute atomic E-state index is 13.5. The summed E-state index contributed by atoms with van der Waals surface area (Å²) in [6, 6.07) is 9.44. The molecule has 204 valence electrons. The molecule has 12 heteroatoms. The van der Waals surface area contributed by atoms with Crippen LogP contribution in [0.5, 0.6) is 5.75 Å². The SMILES string of the molecule is COc1cccc(CN(C(=O)CN(c2cccc(C(F)(F)F)c2)S(C)(=O)=O)C(C)C(=O)NC(C)(C)C)c1. The number of methoxy groups -OCH3 is 1. The summed E-state index contributed by atoms with van der Waals surface area (Å²) in [6.45, 7) is 5.92. The number of nitrogens with one attached hydrogen (secondary N) is 1. The molecule has 0 aromatic heterocycles. The molecule has 1 atom stereocenters. The van der Waals surface area contributed by atoms with Crippen molar-refractivity contribution >= 4 is 27.5 Å². The summed E-state index contributed by atoms with van der Waals surface area (Å²) in [7, 11) is -2.70. The lowest BCUT2D eigenvalue weighted by atomic mass is 10.1. The Balaban J connectivity index is 2.47. The topological polar surface area (TPSA) is 96.0 Å². The molecule has 0 heterocycles. The zero-order chi connectivity index (χ0) is 28.2. The lowest BCUT2D eigenvalue weighted by Crippen LogP contribution is -2.54. The predicted molar refractivity (Wildman–Crippen MR) is 135 cm³/mol. The first-order valence-electron chi connectivity index (χ1n) is 11.3. The summed E-state index contributed by atoms with van der Waals surface area (Å²) < 4.78 is 70.7. The van der Waals surface area contributed by atoms with Crippen molar-refractivity contribution < 1.29 is 35.9 Å². The van der Waals surface area contributed by atoms with E-state index in [1.54, 1.807) is 45.0 Å². The lowest BCUT2D eigenvalue weighted by molar-refractivity contribution is -0.140. The number of benzene rings is 2. The Hall–Kier alpha value is -3.28. The molecule has 0 saturated heterocycles. The van der Waals surface area contributed by atoms with Gasteiger partial charge in [0.05, 0.1) is 24.6 Å². The van der Waals surface area contributed by atoms with Crippen molar-refractivity contribution in [2.24, 2.45) is 0 Å². The van der Waals surface area contributed by atoms with Crippen LogP contribution in [0.15, 0.2) is 48.5 Å². The van der Waals surface area contributed by atoms with Gasteiger partial charge < -0.3 is 15.0 Å². The fraction of sp³-hybridized carbons (Fsp3) is 0.440. The standard InChI is InChI=1S/C25H32F3N3O5S/c1-17(23(33)29-24(2,3)4)30(15-18-9-7-12-21(13-18)36-5)22(32)16-31(37(6,34)35)20-11-8-10-19(14-20)25(26,27)28/h7-14,17H,15-16H2,1-6H3,(H,29,33). The molecular weight excluding hydrogens is 511 g/mol. The van der Waals surface area contributed by atoms with E-state index in [0.29, 0.717) is 21.7 Å². The summed E-state index contributed by atoms with van der Waals surface area (Å²) >= 11 is 0. The molecule has 1 N–H and O–H groups in total. The van der Waals surface area contributed by atoms with Crippen molar-refractivity contribution in [2.75, 3.05) is 24.2 Å². The number of anilines is 1. The van der Waals surface area contributed by atoms with Gasteiger partial charge in [-0.05, 0) is 63.6 Å². The molecule has 2 aromatic carbocycles. The van der Waals surface area contributed by atoms with Crippen LogP contribution >= 0.6 is 0 Å². The molecule has 2 rings (SSSR count). The average molecular weight is 544 g/mol. The number of halogens is 3. The maximum Gasteiger partial charge on any atom is 0.416 e. The molecule has 1 unspecified atom stereocenters. The minimum absolute atomic E-state index is 0.0744. The van der Waals surface area contributed by atoms with Crippen LogP contribution < -0.4 is 14.4 Å². The smallest absolute Gasteiger partial charge is 0.416 e. The highest BCUT2D eigenvalue weighted by molar-refractivity contribution is 7.92. The normalized spacial score (nSPS) is 13.0. The molecule has 0 aliphatic rings. The van der Waals surface area contributed by atoms with Crippen molar-refractivity contribution in [3.05, 3.63) is 59.7 Å². The second-order valence-electron chi connectivity index (χ2n) is 9.61. The highest BCUT2D eigenvalue weighted by Crippen LogP contribution is 2.32. The van der Waals surface area contributed by atoms with Gasteiger partial charge in [0.2, 0.25) is 21.8 Å². The van der Waals surface area contributed by atoms with Gasteiger partial charge >= 0.3 is 6.18 Å². The number of nitrogens with zero attached hydrogens (tertiary/aromatic N) is 2. The van der Waals surface area contributed by atoms with E-state index in [1.165, 1.54) is 25.0 Å². The molecule has 2 aromatic rings. The first-order valence-corrected chi connectivity index (χ1v) is 13.2. The van der Waals surface area contributed by atoms with Crippen LogP contribution in [0.4, 0.5) is 18.9 Å². The average Bonchev–Trinajstić information content (AvgIpc) is 2.78. The van der Waals surface area contributed by atoms with E-state index in [0.717, 1.165) is 18.4 Å². The Labute approximate surface area is 215 Å². The van der Waals surface area contributed by atoms with E-state index in [4.69, 9.17) is 4.74 Å². The first-order chi connectivity index (χ1) is 16.9. The van der Waals surface area contributed by atoms with Gasteiger partial charge in [-0.1, -0.05) is 18.2 Å².